The van der Waals surface area contributed by atoms with Crippen molar-refractivity contribution in [1.29, 1.82) is 0 Å². The minimum absolute atomic E-state index is 0.0335. The molecule has 1 N–H and O–H groups in total. The van der Waals surface area contributed by atoms with Gasteiger partial charge in [0.1, 0.15) is 6.04 Å². The molecule has 1 aromatic rings. The summed E-state index contributed by atoms with van der Waals surface area (Å²) in [6.07, 6.45) is -2.57. The van der Waals surface area contributed by atoms with E-state index in [1.165, 1.54) is 0 Å². The first kappa shape index (κ1) is 17.1. The third-order valence-electron chi connectivity index (χ3n) is 3.73. The van der Waals surface area contributed by atoms with Crippen molar-refractivity contribution < 1.29 is 18.0 Å². The zero-order chi connectivity index (χ0) is 16.2. The average molecular weight is 335 g/mol. The molecular weight excluding hydrogens is 317 g/mol. The molecule has 0 aliphatic carbocycles. The van der Waals surface area contributed by atoms with Gasteiger partial charge in [0.2, 0.25) is 5.91 Å². The van der Waals surface area contributed by atoms with Crippen LogP contribution in [0.4, 0.5) is 13.2 Å². The molecule has 1 aromatic carbocycles. The molecule has 1 aliphatic rings. The highest BCUT2D eigenvalue weighted by molar-refractivity contribution is 6.31. The molecule has 1 heterocycles. The fourth-order valence-electron chi connectivity index (χ4n) is 2.58. The highest BCUT2D eigenvalue weighted by Crippen LogP contribution is 2.29. The number of unbranched alkanes of at least 4 members (excludes halogenated alkanes) is 1. The Morgan fingerprint density at radius 1 is 1.27 bits per heavy atom. The number of carbonyl (C=O) groups is 1. The van der Waals surface area contributed by atoms with E-state index < -0.39 is 12.2 Å². The number of hydrogen-bond acceptors (Lipinski definition) is 2. The molecule has 0 saturated carbocycles. The molecule has 1 atom stereocenters. The van der Waals surface area contributed by atoms with E-state index in [-0.39, 0.29) is 25.3 Å². The number of rotatable bonds is 6. The Kier molecular flexibility index (Phi) is 5.69. The van der Waals surface area contributed by atoms with Crippen LogP contribution in [0.2, 0.25) is 5.02 Å². The van der Waals surface area contributed by atoms with Gasteiger partial charge in [0.05, 0.1) is 0 Å². The first-order valence-corrected chi connectivity index (χ1v) is 7.62. The smallest absolute Gasteiger partial charge is 0.288 e. The molecule has 1 fully saturated rings. The number of amides is 1. The molecule has 7 heteroatoms. The van der Waals surface area contributed by atoms with Crippen LogP contribution in [0.1, 0.15) is 31.2 Å². The third-order valence-corrected chi connectivity index (χ3v) is 4.10. The molecule has 0 bridgehead atoms. The van der Waals surface area contributed by atoms with Gasteiger partial charge in [-0.1, -0.05) is 36.2 Å². The molecule has 22 heavy (non-hydrogen) atoms. The Labute approximate surface area is 132 Å². The van der Waals surface area contributed by atoms with Crippen molar-refractivity contribution in [2.24, 2.45) is 0 Å². The van der Waals surface area contributed by atoms with E-state index in [0.29, 0.717) is 24.3 Å². The normalized spacial score (nSPS) is 17.5. The number of aryl methyl sites for hydroxylation is 1. The fraction of sp³-hybridized carbons (Fsp3) is 0.533. The Bertz CT molecular complexity index is 522. The van der Waals surface area contributed by atoms with Crippen LogP contribution in [0.3, 0.4) is 0 Å². The van der Waals surface area contributed by atoms with Crippen LogP contribution in [0.5, 0.6) is 0 Å². The molecule has 0 radical (unpaired) electrons. The summed E-state index contributed by atoms with van der Waals surface area (Å²) < 4.78 is 39.3. The van der Waals surface area contributed by atoms with E-state index >= 15 is 0 Å². The van der Waals surface area contributed by atoms with Gasteiger partial charge in [-0.05, 0) is 30.9 Å². The van der Waals surface area contributed by atoms with Gasteiger partial charge in [0, 0.05) is 18.0 Å². The molecule has 122 valence electrons. The van der Waals surface area contributed by atoms with E-state index in [0.717, 1.165) is 10.6 Å². The quantitative estimate of drug-likeness (QED) is 0.804. The van der Waals surface area contributed by atoms with E-state index in [9.17, 15) is 18.0 Å². The van der Waals surface area contributed by atoms with Gasteiger partial charge in [-0.3, -0.25) is 10.2 Å². The number of nitrogens with one attached hydrogen (secondary N) is 1. The number of halogens is 4. The molecule has 0 aromatic heterocycles. The van der Waals surface area contributed by atoms with Gasteiger partial charge in [-0.25, -0.2) is 5.01 Å². The Morgan fingerprint density at radius 3 is 2.59 bits per heavy atom. The number of hydrazine groups is 1. The summed E-state index contributed by atoms with van der Waals surface area (Å²) in [6, 6.07) is 5.71. The van der Waals surface area contributed by atoms with Gasteiger partial charge < -0.3 is 0 Å². The molecule has 1 unspecified atom stereocenters. The lowest BCUT2D eigenvalue weighted by molar-refractivity contribution is -0.190. The first-order valence-electron chi connectivity index (χ1n) is 7.24. The summed E-state index contributed by atoms with van der Waals surface area (Å²) in [5, 5.41) is 1.65. The zero-order valence-corrected chi connectivity index (χ0v) is 12.8. The minimum Gasteiger partial charge on any atom is -0.288 e. The maximum absolute atomic E-state index is 13.1. The van der Waals surface area contributed by atoms with Crippen molar-refractivity contribution in [3.63, 3.8) is 0 Å². The van der Waals surface area contributed by atoms with Crippen LogP contribution in [-0.2, 0) is 11.2 Å². The zero-order valence-electron chi connectivity index (χ0n) is 12.0. The third kappa shape index (κ3) is 4.61. The lowest BCUT2D eigenvalue weighted by atomic mass is 10.0. The van der Waals surface area contributed by atoms with Crippen molar-refractivity contribution in [3.05, 3.63) is 34.9 Å². The van der Waals surface area contributed by atoms with Crippen molar-refractivity contribution in [1.82, 2.24) is 10.4 Å². The summed E-state index contributed by atoms with van der Waals surface area (Å²) in [6.45, 7) is 0.105. The second-order valence-electron chi connectivity index (χ2n) is 5.37. The van der Waals surface area contributed by atoms with Crippen molar-refractivity contribution in [2.45, 2.75) is 44.3 Å². The Balaban J connectivity index is 1.84. The summed E-state index contributed by atoms with van der Waals surface area (Å²) in [5.74, 6) is -0.356. The maximum Gasteiger partial charge on any atom is 0.405 e. The van der Waals surface area contributed by atoms with Crippen molar-refractivity contribution in [3.8, 4) is 0 Å². The van der Waals surface area contributed by atoms with E-state index in [2.05, 4.69) is 5.43 Å². The molecule has 1 amide bonds. The second-order valence-corrected chi connectivity index (χ2v) is 5.78. The van der Waals surface area contributed by atoms with Crippen LogP contribution >= 0.6 is 11.6 Å². The topological polar surface area (TPSA) is 32.3 Å². The van der Waals surface area contributed by atoms with E-state index in [1.807, 2.05) is 18.2 Å². The fourth-order valence-corrected chi connectivity index (χ4v) is 2.81. The molecule has 1 saturated heterocycles. The number of hydrogen-bond donors (Lipinski definition) is 1. The molecular formula is C15H18ClF3N2O. The van der Waals surface area contributed by atoms with E-state index in [1.54, 1.807) is 6.07 Å². The van der Waals surface area contributed by atoms with Crippen molar-refractivity contribution >= 4 is 17.5 Å². The Morgan fingerprint density at radius 2 is 2.00 bits per heavy atom. The van der Waals surface area contributed by atoms with Gasteiger partial charge in [0.25, 0.3) is 0 Å². The lowest BCUT2D eigenvalue weighted by Gasteiger charge is -2.28. The van der Waals surface area contributed by atoms with Crippen LogP contribution in [-0.4, -0.2) is 29.7 Å². The summed E-state index contributed by atoms with van der Waals surface area (Å²) >= 11 is 6.02. The van der Waals surface area contributed by atoms with Gasteiger partial charge in [-0.15, -0.1) is 0 Å². The van der Waals surface area contributed by atoms with Crippen LogP contribution in [0.25, 0.3) is 0 Å². The number of benzene rings is 1. The highest BCUT2D eigenvalue weighted by atomic mass is 35.5. The first-order chi connectivity index (χ1) is 10.4. The second kappa shape index (κ2) is 7.33. The summed E-state index contributed by atoms with van der Waals surface area (Å²) in [4.78, 5) is 11.1. The average Bonchev–Trinajstić information content (AvgIpc) is 2.85. The maximum atomic E-state index is 13.1. The monoisotopic (exact) mass is 334 g/mol. The number of alkyl halides is 3. The van der Waals surface area contributed by atoms with Crippen LogP contribution in [0.15, 0.2) is 24.3 Å². The standard InChI is InChI=1S/C15H18ClF3N2O/c16-12-7-3-1-5-11(12)6-2-4-8-13(15(17,18)19)21-10-9-14(22)20-21/h1,3,5,7,13H,2,4,6,8-10H2,(H,20,22). The van der Waals surface area contributed by atoms with Crippen LogP contribution in [0, 0.1) is 0 Å². The van der Waals surface area contributed by atoms with Gasteiger partial charge in [-0.2, -0.15) is 13.2 Å². The molecule has 0 spiro atoms. The molecule has 3 nitrogen and oxygen atoms in total. The SMILES string of the molecule is O=C1CCN(C(CCCCc2ccccc2Cl)C(F)(F)F)N1. The molecule has 2 rings (SSSR count). The summed E-state index contributed by atoms with van der Waals surface area (Å²) in [7, 11) is 0. The predicted molar refractivity (Wildman–Crippen MR) is 78.3 cm³/mol. The Hall–Kier alpha value is -1.27. The van der Waals surface area contributed by atoms with Gasteiger partial charge in [0.15, 0.2) is 0 Å². The molecule has 1 aliphatic heterocycles. The lowest BCUT2D eigenvalue weighted by Crippen LogP contribution is -2.49. The summed E-state index contributed by atoms with van der Waals surface area (Å²) in [5.41, 5.74) is 3.23. The van der Waals surface area contributed by atoms with Gasteiger partial charge >= 0.3 is 6.18 Å². The number of nitrogens with zero attached hydrogens (tertiary/aromatic N) is 1. The largest absolute Gasteiger partial charge is 0.405 e. The highest BCUT2D eigenvalue weighted by Gasteiger charge is 2.45. The predicted octanol–water partition coefficient (Wildman–Crippen LogP) is 3.72. The minimum atomic E-state index is -4.35. The van der Waals surface area contributed by atoms with Crippen LogP contribution < -0.4 is 5.43 Å². The van der Waals surface area contributed by atoms with E-state index in [4.69, 9.17) is 11.6 Å². The van der Waals surface area contributed by atoms with Crippen molar-refractivity contribution in [2.75, 3.05) is 6.54 Å². The number of carbonyl (C=O) groups excluding carboxylic acids is 1.